The smallest absolute Gasteiger partial charge is 0.256 e. The van der Waals surface area contributed by atoms with Crippen molar-refractivity contribution in [2.75, 3.05) is 0 Å². The number of benzene rings is 1. The predicted octanol–water partition coefficient (Wildman–Crippen LogP) is 4.24. The first kappa shape index (κ1) is 17.1. The maximum Gasteiger partial charge on any atom is 0.256 e. The minimum Gasteiger partial charge on any atom is -0.365 e. The number of rotatable bonds is 6. The highest BCUT2D eigenvalue weighted by Crippen LogP contribution is 2.31. The van der Waals surface area contributed by atoms with E-state index in [1.54, 1.807) is 0 Å². The molecule has 1 aromatic heterocycles. The first-order valence-electron chi connectivity index (χ1n) is 8.98. The summed E-state index contributed by atoms with van der Waals surface area (Å²) in [6.07, 6.45) is 5.81. The Bertz CT molecular complexity index is 638. The van der Waals surface area contributed by atoms with E-state index in [9.17, 15) is 0 Å². The van der Waals surface area contributed by atoms with Crippen LogP contribution >= 0.6 is 0 Å². The van der Waals surface area contributed by atoms with Gasteiger partial charge in [0.05, 0.1) is 6.10 Å². The van der Waals surface area contributed by atoms with Crippen LogP contribution in [0.4, 0.5) is 0 Å². The second-order valence-corrected chi connectivity index (χ2v) is 6.78. The van der Waals surface area contributed by atoms with Gasteiger partial charge in [0.1, 0.15) is 6.10 Å². The number of hydrogen-bond acceptors (Lipinski definition) is 5. The van der Waals surface area contributed by atoms with Crippen LogP contribution in [0.25, 0.3) is 11.4 Å². The van der Waals surface area contributed by atoms with Crippen LogP contribution in [0.3, 0.4) is 0 Å². The molecule has 0 aliphatic heterocycles. The highest BCUT2D eigenvalue weighted by atomic mass is 16.5. The van der Waals surface area contributed by atoms with Gasteiger partial charge in [-0.05, 0) is 30.7 Å². The molecule has 1 heterocycles. The lowest BCUT2D eigenvalue weighted by Crippen LogP contribution is -2.23. The summed E-state index contributed by atoms with van der Waals surface area (Å²) in [5, 5.41) is 4.12. The van der Waals surface area contributed by atoms with Gasteiger partial charge in [0.15, 0.2) is 0 Å². The molecule has 1 aromatic carbocycles. The molecule has 0 radical (unpaired) electrons. The van der Waals surface area contributed by atoms with Gasteiger partial charge in [-0.15, -0.1) is 0 Å². The van der Waals surface area contributed by atoms with Crippen LogP contribution in [0.1, 0.15) is 63.5 Å². The summed E-state index contributed by atoms with van der Waals surface area (Å²) >= 11 is 0. The third kappa shape index (κ3) is 4.02. The number of nitrogens with zero attached hydrogens (tertiary/aromatic N) is 2. The van der Waals surface area contributed by atoms with Crippen molar-refractivity contribution in [2.24, 2.45) is 11.7 Å². The molecule has 0 amide bonds. The molecule has 1 aliphatic carbocycles. The van der Waals surface area contributed by atoms with Crippen LogP contribution < -0.4 is 5.73 Å². The number of nitrogens with two attached hydrogens (primary N) is 1. The lowest BCUT2D eigenvalue weighted by Gasteiger charge is -2.29. The van der Waals surface area contributed by atoms with Crippen LogP contribution in [0.5, 0.6) is 0 Å². The van der Waals surface area contributed by atoms with E-state index in [1.807, 2.05) is 24.3 Å². The molecule has 0 saturated heterocycles. The molecular formula is C19H27N3O2. The molecule has 3 rings (SSSR count). The molecule has 5 nitrogen and oxygen atoms in total. The SMILES string of the molecule is CCC(OC1CCCC(C)C1)c1nc(-c2ccc(CN)cc2)no1. The Morgan fingerprint density at radius 2 is 2.08 bits per heavy atom. The second-order valence-electron chi connectivity index (χ2n) is 6.78. The standard InChI is InChI=1S/C19H27N3O2/c1-3-17(23-16-6-4-5-13(2)11-16)19-21-18(22-24-19)15-9-7-14(12-20)8-10-15/h7-10,13,16-17H,3-6,11-12,20H2,1-2H3. The zero-order valence-corrected chi connectivity index (χ0v) is 14.6. The summed E-state index contributed by atoms with van der Waals surface area (Å²) in [4.78, 5) is 4.56. The van der Waals surface area contributed by atoms with Gasteiger partial charge >= 0.3 is 0 Å². The highest BCUT2D eigenvalue weighted by molar-refractivity contribution is 5.54. The van der Waals surface area contributed by atoms with Crippen molar-refractivity contribution in [1.29, 1.82) is 0 Å². The largest absolute Gasteiger partial charge is 0.365 e. The van der Waals surface area contributed by atoms with E-state index in [0.717, 1.165) is 36.3 Å². The summed E-state index contributed by atoms with van der Waals surface area (Å²) < 4.78 is 11.8. The zero-order valence-electron chi connectivity index (χ0n) is 14.6. The summed E-state index contributed by atoms with van der Waals surface area (Å²) in [5.74, 6) is 1.92. The topological polar surface area (TPSA) is 74.2 Å². The predicted molar refractivity (Wildman–Crippen MR) is 93.2 cm³/mol. The Kier molecular flexibility index (Phi) is 5.63. The van der Waals surface area contributed by atoms with E-state index in [4.69, 9.17) is 15.0 Å². The summed E-state index contributed by atoms with van der Waals surface area (Å²) in [6, 6.07) is 7.92. The van der Waals surface area contributed by atoms with Crippen LogP contribution in [0.15, 0.2) is 28.8 Å². The first-order chi connectivity index (χ1) is 11.7. The third-order valence-corrected chi connectivity index (χ3v) is 4.78. The van der Waals surface area contributed by atoms with Gasteiger partial charge in [-0.1, -0.05) is 56.1 Å². The van der Waals surface area contributed by atoms with Gasteiger partial charge in [0.2, 0.25) is 5.82 Å². The van der Waals surface area contributed by atoms with Crippen molar-refractivity contribution in [3.63, 3.8) is 0 Å². The minimum absolute atomic E-state index is 0.120. The van der Waals surface area contributed by atoms with Gasteiger partial charge in [-0.2, -0.15) is 4.98 Å². The van der Waals surface area contributed by atoms with Crippen molar-refractivity contribution >= 4 is 0 Å². The fraction of sp³-hybridized carbons (Fsp3) is 0.579. The first-order valence-corrected chi connectivity index (χ1v) is 8.98. The Balaban J connectivity index is 1.69. The Labute approximate surface area is 143 Å². The maximum absolute atomic E-state index is 6.27. The molecule has 1 aliphatic rings. The highest BCUT2D eigenvalue weighted by Gasteiger charge is 2.26. The minimum atomic E-state index is -0.120. The van der Waals surface area contributed by atoms with Crippen LogP contribution in [0.2, 0.25) is 0 Å². The van der Waals surface area contributed by atoms with E-state index in [1.165, 1.54) is 12.8 Å². The molecule has 0 spiro atoms. The van der Waals surface area contributed by atoms with E-state index in [2.05, 4.69) is 24.0 Å². The normalized spacial score (nSPS) is 22.5. The zero-order chi connectivity index (χ0) is 16.9. The molecule has 2 N–H and O–H groups in total. The Hall–Kier alpha value is -1.72. The van der Waals surface area contributed by atoms with Gasteiger partial charge in [0.25, 0.3) is 5.89 Å². The average molecular weight is 329 g/mol. The number of aromatic nitrogens is 2. The van der Waals surface area contributed by atoms with Crippen molar-refractivity contribution in [3.05, 3.63) is 35.7 Å². The fourth-order valence-corrected chi connectivity index (χ4v) is 3.34. The van der Waals surface area contributed by atoms with E-state index in [0.29, 0.717) is 24.4 Å². The molecule has 1 fully saturated rings. The average Bonchev–Trinajstić information content (AvgIpc) is 3.10. The van der Waals surface area contributed by atoms with Gasteiger partial charge in [-0.3, -0.25) is 0 Å². The van der Waals surface area contributed by atoms with Crippen molar-refractivity contribution in [2.45, 2.75) is 64.7 Å². The molecule has 3 atom stereocenters. The monoisotopic (exact) mass is 329 g/mol. The molecule has 24 heavy (non-hydrogen) atoms. The quantitative estimate of drug-likeness (QED) is 0.858. The van der Waals surface area contributed by atoms with Crippen LogP contribution in [-0.4, -0.2) is 16.2 Å². The van der Waals surface area contributed by atoms with E-state index < -0.39 is 0 Å². The Morgan fingerprint density at radius 3 is 2.75 bits per heavy atom. The summed E-state index contributed by atoms with van der Waals surface area (Å²) in [5.41, 5.74) is 7.65. The van der Waals surface area contributed by atoms with Crippen molar-refractivity contribution in [3.8, 4) is 11.4 Å². The fourth-order valence-electron chi connectivity index (χ4n) is 3.34. The third-order valence-electron chi connectivity index (χ3n) is 4.78. The summed E-state index contributed by atoms with van der Waals surface area (Å²) in [6.45, 7) is 4.92. The van der Waals surface area contributed by atoms with Gasteiger partial charge in [0, 0.05) is 12.1 Å². The molecule has 5 heteroatoms. The lowest BCUT2D eigenvalue weighted by atomic mass is 9.88. The van der Waals surface area contributed by atoms with Crippen molar-refractivity contribution < 1.29 is 9.26 Å². The molecule has 0 bridgehead atoms. The van der Waals surface area contributed by atoms with E-state index in [-0.39, 0.29) is 6.10 Å². The number of ether oxygens (including phenoxy) is 1. The van der Waals surface area contributed by atoms with Gasteiger partial charge < -0.3 is 15.0 Å². The molecule has 130 valence electrons. The van der Waals surface area contributed by atoms with E-state index >= 15 is 0 Å². The molecule has 2 aromatic rings. The van der Waals surface area contributed by atoms with Gasteiger partial charge in [-0.25, -0.2) is 0 Å². The van der Waals surface area contributed by atoms with Crippen LogP contribution in [-0.2, 0) is 11.3 Å². The molecular weight excluding hydrogens is 302 g/mol. The Morgan fingerprint density at radius 1 is 1.29 bits per heavy atom. The number of hydrogen-bond donors (Lipinski definition) is 1. The molecule has 3 unspecified atom stereocenters. The van der Waals surface area contributed by atoms with Crippen LogP contribution in [0, 0.1) is 5.92 Å². The second kappa shape index (κ2) is 7.90. The lowest BCUT2D eigenvalue weighted by molar-refractivity contribution is -0.0547. The summed E-state index contributed by atoms with van der Waals surface area (Å²) in [7, 11) is 0. The maximum atomic E-state index is 6.27. The molecule has 1 saturated carbocycles. The van der Waals surface area contributed by atoms with Crippen molar-refractivity contribution in [1.82, 2.24) is 10.1 Å².